The topological polar surface area (TPSA) is 88.1 Å². The zero-order valence-corrected chi connectivity index (χ0v) is 9.47. The van der Waals surface area contributed by atoms with Crippen molar-refractivity contribution in [3.63, 3.8) is 0 Å². The number of nitriles is 1. The first kappa shape index (κ1) is 12.8. The Labute approximate surface area is 98.5 Å². The summed E-state index contributed by atoms with van der Waals surface area (Å²) < 4.78 is 6.01. The molecule has 0 aliphatic heterocycles. The molecule has 1 aromatic rings. The van der Waals surface area contributed by atoms with E-state index in [2.05, 4.69) is 21.6 Å². The van der Waals surface area contributed by atoms with Gasteiger partial charge in [-0.3, -0.25) is 0 Å². The summed E-state index contributed by atoms with van der Waals surface area (Å²) >= 11 is 0. The van der Waals surface area contributed by atoms with Crippen LogP contribution in [0.25, 0.3) is 0 Å². The van der Waals surface area contributed by atoms with E-state index in [0.29, 0.717) is 0 Å². The molecule has 0 fully saturated rings. The van der Waals surface area contributed by atoms with E-state index in [9.17, 15) is 9.90 Å². The van der Waals surface area contributed by atoms with Gasteiger partial charge in [-0.2, -0.15) is 5.26 Å². The number of aliphatic hydroxyl groups excluding tert-OH is 1. The third kappa shape index (κ3) is 2.63. The molecule has 0 amide bonds. The number of methoxy groups -OCH3 is 1. The minimum Gasteiger partial charge on any atom is -0.464 e. The van der Waals surface area contributed by atoms with Crippen molar-refractivity contribution in [2.75, 3.05) is 7.11 Å². The molecule has 0 radical (unpaired) electrons. The third-order valence-electron chi connectivity index (χ3n) is 2.05. The van der Waals surface area contributed by atoms with Crippen LogP contribution in [0.4, 0.5) is 0 Å². The van der Waals surface area contributed by atoms with Gasteiger partial charge in [0.25, 0.3) is 0 Å². The molecule has 0 aliphatic carbocycles. The maximum absolute atomic E-state index is 11.5. The monoisotopic (exact) mass is 233 g/mol. The van der Waals surface area contributed by atoms with Gasteiger partial charge in [0.1, 0.15) is 11.8 Å². The van der Waals surface area contributed by atoms with Gasteiger partial charge >= 0.3 is 5.97 Å². The van der Waals surface area contributed by atoms with Crippen LogP contribution in [0.1, 0.15) is 29.2 Å². The van der Waals surface area contributed by atoms with E-state index in [4.69, 9.17) is 5.26 Å². The quantitative estimate of drug-likeness (QED) is 0.459. The van der Waals surface area contributed by atoms with Crippen LogP contribution in [0, 0.1) is 23.2 Å². The average molecular weight is 233 g/mol. The van der Waals surface area contributed by atoms with Crippen molar-refractivity contribution in [1.82, 2.24) is 9.55 Å². The van der Waals surface area contributed by atoms with Gasteiger partial charge in [-0.1, -0.05) is 5.92 Å². The largest absolute Gasteiger partial charge is 0.464 e. The Balaban J connectivity index is 3.23. The molecule has 0 saturated carbocycles. The summed E-state index contributed by atoms with van der Waals surface area (Å²) in [5.74, 6) is 4.77. The Bertz CT molecular complexity index is 516. The highest BCUT2D eigenvalue weighted by molar-refractivity contribution is 5.89. The number of carbonyl (C=O) groups is 1. The lowest BCUT2D eigenvalue weighted by Gasteiger charge is -2.05. The molecule has 0 aliphatic rings. The van der Waals surface area contributed by atoms with Crippen LogP contribution in [-0.4, -0.2) is 27.7 Å². The van der Waals surface area contributed by atoms with E-state index >= 15 is 0 Å². The molecule has 1 heterocycles. The van der Waals surface area contributed by atoms with Crippen molar-refractivity contribution >= 4 is 5.97 Å². The van der Waals surface area contributed by atoms with Crippen molar-refractivity contribution < 1.29 is 14.6 Å². The minimum atomic E-state index is -1.46. The van der Waals surface area contributed by atoms with E-state index in [0.717, 1.165) is 0 Å². The van der Waals surface area contributed by atoms with Crippen molar-refractivity contribution in [2.24, 2.45) is 0 Å². The maximum atomic E-state index is 11.5. The molecule has 0 aromatic carbocycles. The zero-order chi connectivity index (χ0) is 12.8. The van der Waals surface area contributed by atoms with Gasteiger partial charge < -0.3 is 14.4 Å². The molecule has 6 nitrogen and oxygen atoms in total. The lowest BCUT2D eigenvalue weighted by molar-refractivity contribution is 0.0583. The number of rotatable bonds is 3. The Hall–Kier alpha value is -2.31. The predicted octanol–water partition coefficient (Wildman–Crippen LogP) is 0.250. The number of aromatic nitrogens is 2. The highest BCUT2D eigenvalue weighted by atomic mass is 16.5. The number of nitrogens with zero attached hydrogens (tertiary/aromatic N) is 3. The van der Waals surface area contributed by atoms with Crippen molar-refractivity contribution in [1.29, 1.82) is 5.26 Å². The summed E-state index contributed by atoms with van der Waals surface area (Å²) in [7, 11) is 1.22. The van der Waals surface area contributed by atoms with Gasteiger partial charge in [-0.25, -0.2) is 9.78 Å². The number of hydrogen-bond donors (Lipinski definition) is 1. The van der Waals surface area contributed by atoms with Crippen LogP contribution < -0.4 is 0 Å². The summed E-state index contributed by atoms with van der Waals surface area (Å²) in [5, 5.41) is 18.0. The van der Waals surface area contributed by atoms with Crippen LogP contribution in [0.3, 0.4) is 0 Å². The fraction of sp³-hybridized carbons (Fsp3) is 0.364. The molecular formula is C11H11N3O3. The molecule has 6 heteroatoms. The second kappa shape index (κ2) is 5.69. The first-order valence-electron chi connectivity index (χ1n) is 4.76. The number of imidazole rings is 1. The van der Waals surface area contributed by atoms with E-state index < -0.39 is 12.1 Å². The van der Waals surface area contributed by atoms with E-state index in [1.807, 2.05) is 0 Å². The summed E-state index contributed by atoms with van der Waals surface area (Å²) in [6.07, 6.45) is -0.119. The summed E-state index contributed by atoms with van der Waals surface area (Å²) in [5.41, 5.74) is 0.0292. The minimum absolute atomic E-state index is 0.0164. The number of carbonyl (C=O) groups excluding carboxylic acids is 1. The van der Waals surface area contributed by atoms with Crippen LogP contribution in [0.2, 0.25) is 0 Å². The summed E-state index contributed by atoms with van der Waals surface area (Å²) in [6, 6.07) is 1.61. The number of ether oxygens (including phenoxy) is 1. The van der Waals surface area contributed by atoms with Gasteiger partial charge in [-0.05, 0) is 6.92 Å². The maximum Gasteiger partial charge on any atom is 0.356 e. The standard InChI is InChI=1S/C11H11N3O3/c1-3-4-5-14-7-13-9(8(15)6-12)10(14)11(16)17-2/h7-8,15H,5H2,1-2H3. The summed E-state index contributed by atoms with van der Waals surface area (Å²) in [6.45, 7) is 1.91. The molecular weight excluding hydrogens is 222 g/mol. The molecule has 1 unspecified atom stereocenters. The number of aliphatic hydroxyl groups is 1. The predicted molar refractivity (Wildman–Crippen MR) is 57.6 cm³/mol. The third-order valence-corrected chi connectivity index (χ3v) is 2.05. The normalized spacial score (nSPS) is 10.9. The second-order valence-electron chi connectivity index (χ2n) is 3.06. The molecule has 1 rings (SSSR count). The van der Waals surface area contributed by atoms with Crippen LogP contribution in [0.15, 0.2) is 6.33 Å². The molecule has 17 heavy (non-hydrogen) atoms. The summed E-state index contributed by atoms with van der Waals surface area (Å²) in [4.78, 5) is 15.4. The van der Waals surface area contributed by atoms with Crippen LogP contribution in [-0.2, 0) is 11.3 Å². The highest BCUT2D eigenvalue weighted by Gasteiger charge is 2.24. The first-order valence-corrected chi connectivity index (χ1v) is 4.76. The molecule has 1 atom stereocenters. The number of hydrogen-bond acceptors (Lipinski definition) is 5. The van der Waals surface area contributed by atoms with Gasteiger partial charge in [0.2, 0.25) is 0 Å². The molecule has 0 bridgehead atoms. The smallest absolute Gasteiger partial charge is 0.356 e. The second-order valence-corrected chi connectivity index (χ2v) is 3.06. The van der Waals surface area contributed by atoms with Crippen LogP contribution >= 0.6 is 0 Å². The molecule has 0 spiro atoms. The van der Waals surface area contributed by atoms with E-state index in [1.54, 1.807) is 13.0 Å². The Morgan fingerprint density at radius 1 is 1.76 bits per heavy atom. The van der Waals surface area contributed by atoms with Gasteiger partial charge in [0.05, 0.1) is 20.0 Å². The van der Waals surface area contributed by atoms with E-state index in [1.165, 1.54) is 18.0 Å². The lowest BCUT2D eigenvalue weighted by atomic mass is 10.2. The first-order chi connectivity index (χ1) is 8.15. The Morgan fingerprint density at radius 3 is 3.00 bits per heavy atom. The van der Waals surface area contributed by atoms with E-state index in [-0.39, 0.29) is 17.9 Å². The van der Waals surface area contributed by atoms with Gasteiger partial charge in [0, 0.05) is 0 Å². The van der Waals surface area contributed by atoms with Gasteiger partial charge in [0.15, 0.2) is 11.8 Å². The lowest BCUT2D eigenvalue weighted by Crippen LogP contribution is -2.13. The highest BCUT2D eigenvalue weighted by Crippen LogP contribution is 2.16. The Morgan fingerprint density at radius 2 is 2.47 bits per heavy atom. The number of esters is 1. The zero-order valence-electron chi connectivity index (χ0n) is 9.47. The van der Waals surface area contributed by atoms with Crippen molar-refractivity contribution in [2.45, 2.75) is 19.6 Å². The van der Waals surface area contributed by atoms with Crippen LogP contribution in [0.5, 0.6) is 0 Å². The fourth-order valence-corrected chi connectivity index (χ4v) is 1.26. The Kier molecular flexibility index (Phi) is 4.27. The molecule has 1 N–H and O–H groups in total. The molecule has 88 valence electrons. The van der Waals surface area contributed by atoms with Crippen molar-refractivity contribution in [3.05, 3.63) is 17.7 Å². The fourth-order valence-electron chi connectivity index (χ4n) is 1.26. The van der Waals surface area contributed by atoms with Gasteiger partial charge in [-0.15, -0.1) is 5.92 Å². The average Bonchev–Trinajstić information content (AvgIpc) is 2.78. The molecule has 0 saturated heterocycles. The van der Waals surface area contributed by atoms with Crippen molar-refractivity contribution in [3.8, 4) is 17.9 Å². The molecule has 1 aromatic heterocycles. The SMILES string of the molecule is CC#CCn1cnc(C(O)C#N)c1C(=O)OC.